The zero-order valence-corrected chi connectivity index (χ0v) is 10.3. The van der Waals surface area contributed by atoms with Crippen LogP contribution in [0.25, 0.3) is 0 Å². The Labute approximate surface area is 109 Å². The number of hydrogen-bond acceptors (Lipinski definition) is 4. The normalized spacial score (nSPS) is 12.3. The highest BCUT2D eigenvalue weighted by Crippen LogP contribution is 2.15. The lowest BCUT2D eigenvalue weighted by atomic mass is 10.1. The number of carboxylic acid groups (broad SMARTS) is 1. The lowest BCUT2D eigenvalue weighted by Crippen LogP contribution is -2.07. The van der Waals surface area contributed by atoms with Crippen molar-refractivity contribution >= 4 is 5.97 Å². The van der Waals surface area contributed by atoms with Gasteiger partial charge in [0.15, 0.2) is 0 Å². The fourth-order valence-corrected chi connectivity index (χ4v) is 1.59. The van der Waals surface area contributed by atoms with E-state index in [1.54, 1.807) is 18.2 Å². The van der Waals surface area contributed by atoms with E-state index in [0.29, 0.717) is 24.3 Å². The number of carbonyl (C=O) groups is 1. The number of rotatable bonds is 5. The van der Waals surface area contributed by atoms with E-state index < -0.39 is 11.9 Å². The Morgan fingerprint density at radius 3 is 2.79 bits per heavy atom. The fraction of sp³-hybridized carbons (Fsp3) is 0.308. The van der Waals surface area contributed by atoms with Crippen LogP contribution in [0.3, 0.4) is 0 Å². The van der Waals surface area contributed by atoms with Crippen molar-refractivity contribution in [2.45, 2.75) is 25.7 Å². The summed E-state index contributed by atoms with van der Waals surface area (Å²) in [4.78, 5) is 10.8. The molecule has 1 N–H and O–H groups in total. The second-order valence-corrected chi connectivity index (χ2v) is 4.19. The molecule has 1 heterocycles. The number of aryl methyl sites for hydroxylation is 2. The van der Waals surface area contributed by atoms with E-state index in [-0.39, 0.29) is 11.7 Å². The minimum Gasteiger partial charge on any atom is -0.481 e. The average Bonchev–Trinajstić information content (AvgIpc) is 2.85. The number of aliphatic carboxylic acids is 1. The van der Waals surface area contributed by atoms with Crippen LogP contribution in [0.15, 0.2) is 28.7 Å². The van der Waals surface area contributed by atoms with Gasteiger partial charge in [0.05, 0.1) is 0 Å². The van der Waals surface area contributed by atoms with Gasteiger partial charge in [-0.2, -0.15) is 0 Å². The minimum absolute atomic E-state index is 0.0658. The van der Waals surface area contributed by atoms with Gasteiger partial charge >= 0.3 is 5.97 Å². The van der Waals surface area contributed by atoms with Gasteiger partial charge < -0.3 is 9.52 Å². The molecule has 1 unspecified atom stereocenters. The first kappa shape index (κ1) is 13.2. The zero-order chi connectivity index (χ0) is 13.8. The van der Waals surface area contributed by atoms with Gasteiger partial charge in [-0.25, -0.2) is 4.39 Å². The van der Waals surface area contributed by atoms with Gasteiger partial charge in [0.1, 0.15) is 11.7 Å². The maximum absolute atomic E-state index is 13.4. The molecule has 0 saturated heterocycles. The molecule has 5 nitrogen and oxygen atoms in total. The largest absolute Gasteiger partial charge is 0.481 e. The van der Waals surface area contributed by atoms with Crippen LogP contribution in [0, 0.1) is 5.82 Å². The number of hydrogen-bond donors (Lipinski definition) is 1. The van der Waals surface area contributed by atoms with Gasteiger partial charge in [-0.15, -0.1) is 10.2 Å². The molecule has 0 saturated carbocycles. The third kappa shape index (κ3) is 3.15. The average molecular weight is 264 g/mol. The van der Waals surface area contributed by atoms with Crippen LogP contribution in [0.4, 0.5) is 4.39 Å². The predicted octanol–water partition coefficient (Wildman–Crippen LogP) is 2.18. The molecule has 1 aromatic carbocycles. The molecule has 0 aliphatic heterocycles. The van der Waals surface area contributed by atoms with Crippen molar-refractivity contribution in [2.24, 2.45) is 0 Å². The lowest BCUT2D eigenvalue weighted by Gasteiger charge is -2.00. The molecule has 2 aromatic rings. The minimum atomic E-state index is -1.02. The highest BCUT2D eigenvalue weighted by Gasteiger charge is 2.20. The van der Waals surface area contributed by atoms with Crippen molar-refractivity contribution in [1.82, 2.24) is 10.2 Å². The Morgan fingerprint density at radius 2 is 2.11 bits per heavy atom. The molecule has 1 atom stereocenters. The molecule has 0 aliphatic carbocycles. The molecule has 100 valence electrons. The molecular formula is C13H13FN2O3. The monoisotopic (exact) mass is 264 g/mol. The summed E-state index contributed by atoms with van der Waals surface area (Å²) >= 11 is 0. The summed E-state index contributed by atoms with van der Waals surface area (Å²) in [7, 11) is 0. The van der Waals surface area contributed by atoms with E-state index in [9.17, 15) is 9.18 Å². The zero-order valence-electron chi connectivity index (χ0n) is 10.3. The predicted molar refractivity (Wildman–Crippen MR) is 64.2 cm³/mol. The van der Waals surface area contributed by atoms with Crippen LogP contribution in [0.1, 0.15) is 30.2 Å². The smallest absolute Gasteiger partial charge is 0.315 e. The summed E-state index contributed by atoms with van der Waals surface area (Å²) in [5, 5.41) is 16.3. The molecule has 1 aromatic heterocycles. The fourth-order valence-electron chi connectivity index (χ4n) is 1.59. The van der Waals surface area contributed by atoms with Crippen molar-refractivity contribution in [2.75, 3.05) is 0 Å². The third-order valence-electron chi connectivity index (χ3n) is 2.79. The number of benzene rings is 1. The van der Waals surface area contributed by atoms with Crippen LogP contribution in [-0.2, 0) is 17.6 Å². The SMILES string of the molecule is CC(C(=O)O)c1nnc(CCc2ccccc2F)o1. The summed E-state index contributed by atoms with van der Waals surface area (Å²) < 4.78 is 18.6. The summed E-state index contributed by atoms with van der Waals surface area (Å²) in [6.07, 6.45) is 0.802. The summed E-state index contributed by atoms with van der Waals surface area (Å²) in [5.41, 5.74) is 0.563. The van der Waals surface area contributed by atoms with Crippen molar-refractivity contribution < 1.29 is 18.7 Å². The van der Waals surface area contributed by atoms with Crippen molar-refractivity contribution in [3.05, 3.63) is 47.4 Å². The Bertz CT molecular complexity index is 583. The van der Waals surface area contributed by atoms with Crippen LogP contribution in [-0.4, -0.2) is 21.3 Å². The highest BCUT2D eigenvalue weighted by atomic mass is 19.1. The van der Waals surface area contributed by atoms with Gasteiger partial charge in [0, 0.05) is 6.42 Å². The van der Waals surface area contributed by atoms with Crippen LogP contribution >= 0.6 is 0 Å². The van der Waals surface area contributed by atoms with E-state index >= 15 is 0 Å². The molecule has 0 spiro atoms. The third-order valence-corrected chi connectivity index (χ3v) is 2.79. The molecule has 0 bridgehead atoms. The first-order valence-corrected chi connectivity index (χ1v) is 5.86. The van der Waals surface area contributed by atoms with Gasteiger partial charge in [-0.1, -0.05) is 18.2 Å². The highest BCUT2D eigenvalue weighted by molar-refractivity contribution is 5.73. The molecule has 0 aliphatic rings. The second-order valence-electron chi connectivity index (χ2n) is 4.19. The Kier molecular flexibility index (Phi) is 3.89. The first-order valence-electron chi connectivity index (χ1n) is 5.86. The molecule has 0 radical (unpaired) electrons. The van der Waals surface area contributed by atoms with Crippen molar-refractivity contribution in [3.8, 4) is 0 Å². The van der Waals surface area contributed by atoms with Crippen LogP contribution in [0.5, 0.6) is 0 Å². The van der Waals surface area contributed by atoms with Gasteiger partial charge in [0.25, 0.3) is 0 Å². The molecule has 0 amide bonds. The number of aromatic nitrogens is 2. The Balaban J connectivity index is 2.01. The van der Waals surface area contributed by atoms with Gasteiger partial charge in [-0.05, 0) is 25.0 Å². The van der Waals surface area contributed by atoms with Crippen molar-refractivity contribution in [1.29, 1.82) is 0 Å². The first-order chi connectivity index (χ1) is 9.08. The van der Waals surface area contributed by atoms with Crippen LogP contribution < -0.4 is 0 Å². The summed E-state index contributed by atoms with van der Waals surface area (Å²) in [5.74, 6) is -1.76. The Hall–Kier alpha value is -2.24. The quantitative estimate of drug-likeness (QED) is 0.895. The van der Waals surface area contributed by atoms with E-state index in [1.165, 1.54) is 13.0 Å². The number of nitrogens with zero attached hydrogens (tertiary/aromatic N) is 2. The molecule has 2 rings (SSSR count). The Morgan fingerprint density at radius 1 is 1.37 bits per heavy atom. The lowest BCUT2D eigenvalue weighted by molar-refractivity contribution is -0.138. The molecule has 19 heavy (non-hydrogen) atoms. The maximum atomic E-state index is 13.4. The summed E-state index contributed by atoms with van der Waals surface area (Å²) in [6, 6.07) is 6.45. The summed E-state index contributed by atoms with van der Waals surface area (Å²) in [6.45, 7) is 1.47. The number of carboxylic acids is 1. The van der Waals surface area contributed by atoms with E-state index in [1.807, 2.05) is 0 Å². The molecule has 0 fully saturated rings. The van der Waals surface area contributed by atoms with Gasteiger partial charge in [0.2, 0.25) is 11.8 Å². The van der Waals surface area contributed by atoms with E-state index in [2.05, 4.69) is 10.2 Å². The number of halogens is 1. The molecular weight excluding hydrogens is 251 g/mol. The van der Waals surface area contributed by atoms with E-state index in [0.717, 1.165) is 0 Å². The van der Waals surface area contributed by atoms with Gasteiger partial charge in [-0.3, -0.25) is 4.79 Å². The molecule has 6 heteroatoms. The van der Waals surface area contributed by atoms with E-state index in [4.69, 9.17) is 9.52 Å². The maximum Gasteiger partial charge on any atom is 0.315 e. The van der Waals surface area contributed by atoms with Crippen molar-refractivity contribution in [3.63, 3.8) is 0 Å². The topological polar surface area (TPSA) is 76.2 Å². The second kappa shape index (κ2) is 5.60. The standard InChI is InChI=1S/C13H13FN2O3/c1-8(13(17)18)12-16-15-11(19-12)7-6-9-4-2-3-5-10(9)14/h2-5,8H,6-7H2,1H3,(H,17,18). The van der Waals surface area contributed by atoms with Crippen LogP contribution in [0.2, 0.25) is 0 Å².